The smallest absolute Gasteiger partial charge is 0.252 e. The van der Waals surface area contributed by atoms with E-state index in [2.05, 4.69) is 38.1 Å². The lowest BCUT2D eigenvalue weighted by atomic mass is 10.0. The molecular formula is C20H25N7O. The number of carbonyl (C=O) groups excluding carboxylic acids is 1. The highest BCUT2D eigenvalue weighted by atomic mass is 16.2. The molecule has 1 saturated heterocycles. The number of amides is 1. The van der Waals surface area contributed by atoms with Crippen LogP contribution in [0.4, 0.5) is 0 Å². The van der Waals surface area contributed by atoms with Gasteiger partial charge in [-0.25, -0.2) is 14.9 Å². The van der Waals surface area contributed by atoms with Crippen molar-refractivity contribution in [2.75, 3.05) is 13.6 Å². The zero-order chi connectivity index (χ0) is 19.7. The first-order valence-electron chi connectivity index (χ1n) is 9.49. The van der Waals surface area contributed by atoms with Crippen molar-refractivity contribution in [1.82, 2.24) is 35.3 Å². The Bertz CT molecular complexity index is 985. The molecule has 0 saturated carbocycles. The molecule has 8 nitrogen and oxygen atoms in total. The van der Waals surface area contributed by atoms with Gasteiger partial charge in [-0.1, -0.05) is 30.3 Å². The fourth-order valence-electron chi connectivity index (χ4n) is 3.63. The van der Waals surface area contributed by atoms with Gasteiger partial charge in [0.2, 0.25) is 5.91 Å². The molecular weight excluding hydrogens is 354 g/mol. The van der Waals surface area contributed by atoms with Crippen molar-refractivity contribution >= 4 is 11.7 Å². The van der Waals surface area contributed by atoms with Gasteiger partial charge in [0, 0.05) is 37.1 Å². The third-order valence-electron chi connectivity index (χ3n) is 5.08. The highest BCUT2D eigenvalue weighted by Crippen LogP contribution is 2.22. The molecule has 0 radical (unpaired) electrons. The Kier molecular flexibility index (Phi) is 5.06. The first-order valence-corrected chi connectivity index (χ1v) is 9.49. The van der Waals surface area contributed by atoms with Gasteiger partial charge in [-0.15, -0.1) is 5.10 Å². The van der Waals surface area contributed by atoms with Gasteiger partial charge in [-0.05, 0) is 31.9 Å². The Hall–Kier alpha value is -2.84. The van der Waals surface area contributed by atoms with Crippen LogP contribution in [0.5, 0.6) is 0 Å². The Morgan fingerprint density at radius 2 is 2.00 bits per heavy atom. The molecule has 3 aromatic rings. The molecule has 2 unspecified atom stereocenters. The van der Waals surface area contributed by atoms with Crippen LogP contribution in [0.15, 0.2) is 36.4 Å². The SMILES string of the molecule is Cc1cc(C)n2nc(CC(=O)N(C)CC3CC(c4ccccc4)NN3)nc2n1. The summed E-state index contributed by atoms with van der Waals surface area (Å²) in [6.45, 7) is 4.50. The number of fused-ring (bicyclic) bond motifs is 1. The maximum Gasteiger partial charge on any atom is 0.252 e. The summed E-state index contributed by atoms with van der Waals surface area (Å²) >= 11 is 0. The average Bonchev–Trinajstić information content (AvgIpc) is 3.29. The van der Waals surface area contributed by atoms with Crippen LogP contribution >= 0.6 is 0 Å². The number of nitrogens with zero attached hydrogens (tertiary/aromatic N) is 5. The number of rotatable bonds is 5. The summed E-state index contributed by atoms with van der Waals surface area (Å²) in [7, 11) is 1.82. The lowest BCUT2D eigenvalue weighted by Crippen LogP contribution is -2.41. The Labute approximate surface area is 164 Å². The van der Waals surface area contributed by atoms with Crippen LogP contribution in [0.3, 0.4) is 0 Å². The van der Waals surface area contributed by atoms with E-state index in [1.165, 1.54) is 5.56 Å². The minimum absolute atomic E-state index is 0.00441. The molecule has 2 N–H and O–H groups in total. The minimum atomic E-state index is -0.00441. The summed E-state index contributed by atoms with van der Waals surface area (Å²) in [6, 6.07) is 12.7. The zero-order valence-electron chi connectivity index (χ0n) is 16.4. The number of hydrogen-bond donors (Lipinski definition) is 2. The molecule has 1 aliphatic rings. The minimum Gasteiger partial charge on any atom is -0.344 e. The first-order chi connectivity index (χ1) is 13.5. The van der Waals surface area contributed by atoms with Gasteiger partial charge in [-0.3, -0.25) is 10.2 Å². The quantitative estimate of drug-likeness (QED) is 0.696. The number of aromatic nitrogens is 4. The molecule has 0 aliphatic carbocycles. The van der Waals surface area contributed by atoms with E-state index in [0.29, 0.717) is 18.1 Å². The summed E-state index contributed by atoms with van der Waals surface area (Å²) in [6.07, 6.45) is 1.09. The molecule has 146 valence electrons. The van der Waals surface area contributed by atoms with Crippen LogP contribution in [0.1, 0.15) is 35.2 Å². The van der Waals surface area contributed by atoms with E-state index in [4.69, 9.17) is 0 Å². The maximum atomic E-state index is 12.6. The van der Waals surface area contributed by atoms with E-state index in [1.54, 1.807) is 9.42 Å². The Morgan fingerprint density at radius 1 is 1.21 bits per heavy atom. The number of benzene rings is 1. The van der Waals surface area contributed by atoms with Gasteiger partial charge in [0.05, 0.1) is 6.42 Å². The van der Waals surface area contributed by atoms with E-state index in [0.717, 1.165) is 17.8 Å². The van der Waals surface area contributed by atoms with E-state index < -0.39 is 0 Å². The highest BCUT2D eigenvalue weighted by Gasteiger charge is 2.27. The molecule has 2 atom stereocenters. The molecule has 2 aromatic heterocycles. The van der Waals surface area contributed by atoms with Gasteiger partial charge in [0.15, 0.2) is 5.82 Å². The topological polar surface area (TPSA) is 87.5 Å². The zero-order valence-corrected chi connectivity index (χ0v) is 16.4. The van der Waals surface area contributed by atoms with Crippen LogP contribution < -0.4 is 10.9 Å². The van der Waals surface area contributed by atoms with Crippen molar-refractivity contribution < 1.29 is 4.79 Å². The average molecular weight is 379 g/mol. The Balaban J connectivity index is 1.36. The summed E-state index contributed by atoms with van der Waals surface area (Å²) in [4.78, 5) is 23.2. The van der Waals surface area contributed by atoms with E-state index in [-0.39, 0.29) is 24.4 Å². The van der Waals surface area contributed by atoms with Crippen molar-refractivity contribution in [3.8, 4) is 0 Å². The van der Waals surface area contributed by atoms with Gasteiger partial charge >= 0.3 is 0 Å². The van der Waals surface area contributed by atoms with Crippen molar-refractivity contribution in [3.63, 3.8) is 0 Å². The Morgan fingerprint density at radius 3 is 2.79 bits per heavy atom. The predicted octanol–water partition coefficient (Wildman–Crippen LogP) is 1.35. The lowest BCUT2D eigenvalue weighted by molar-refractivity contribution is -0.129. The number of hydrogen-bond acceptors (Lipinski definition) is 6. The second-order valence-corrected chi connectivity index (χ2v) is 7.41. The van der Waals surface area contributed by atoms with Crippen molar-refractivity contribution in [2.45, 2.75) is 38.8 Å². The van der Waals surface area contributed by atoms with E-state index in [9.17, 15) is 4.79 Å². The van der Waals surface area contributed by atoms with Gasteiger partial charge in [0.25, 0.3) is 5.78 Å². The third-order valence-corrected chi connectivity index (χ3v) is 5.08. The van der Waals surface area contributed by atoms with Gasteiger partial charge in [-0.2, -0.15) is 4.98 Å². The lowest BCUT2D eigenvalue weighted by Gasteiger charge is -2.20. The fourth-order valence-corrected chi connectivity index (χ4v) is 3.63. The van der Waals surface area contributed by atoms with Gasteiger partial charge < -0.3 is 4.90 Å². The number of nitrogens with one attached hydrogen (secondary N) is 2. The first kappa shape index (κ1) is 18.5. The summed E-state index contributed by atoms with van der Waals surface area (Å²) in [5, 5.41) is 4.43. The number of hydrazine groups is 1. The van der Waals surface area contributed by atoms with Crippen LogP contribution in [-0.4, -0.2) is 50.0 Å². The molecule has 1 amide bonds. The molecule has 1 aliphatic heterocycles. The molecule has 0 spiro atoms. The largest absolute Gasteiger partial charge is 0.344 e. The second kappa shape index (κ2) is 7.65. The molecule has 8 heteroatoms. The standard InChI is InChI=1S/C20H25N7O/c1-13-9-14(2)27-20(21-13)22-18(25-27)11-19(28)26(3)12-16-10-17(24-23-16)15-7-5-4-6-8-15/h4-9,16-17,23-24H,10-12H2,1-3H3. The fraction of sp³-hybridized carbons (Fsp3) is 0.400. The molecule has 3 heterocycles. The van der Waals surface area contributed by atoms with Gasteiger partial charge in [0.1, 0.15) is 0 Å². The third kappa shape index (κ3) is 3.88. The van der Waals surface area contributed by atoms with Crippen LogP contribution in [0.2, 0.25) is 0 Å². The normalized spacial score (nSPS) is 19.2. The predicted molar refractivity (Wildman–Crippen MR) is 105 cm³/mol. The summed E-state index contributed by atoms with van der Waals surface area (Å²) < 4.78 is 1.68. The molecule has 1 aromatic carbocycles. The maximum absolute atomic E-state index is 12.6. The summed E-state index contributed by atoms with van der Waals surface area (Å²) in [5.41, 5.74) is 9.71. The second-order valence-electron chi connectivity index (χ2n) is 7.41. The van der Waals surface area contributed by atoms with Crippen molar-refractivity contribution in [1.29, 1.82) is 0 Å². The highest BCUT2D eigenvalue weighted by molar-refractivity contribution is 5.77. The van der Waals surface area contributed by atoms with Crippen LogP contribution in [0, 0.1) is 13.8 Å². The van der Waals surface area contributed by atoms with E-state index in [1.807, 2.05) is 45.2 Å². The number of aryl methyl sites for hydroxylation is 2. The number of likely N-dealkylation sites (N-methyl/N-ethyl adjacent to an activating group) is 1. The van der Waals surface area contributed by atoms with Crippen LogP contribution in [0.25, 0.3) is 5.78 Å². The molecule has 1 fully saturated rings. The van der Waals surface area contributed by atoms with Crippen molar-refractivity contribution in [2.24, 2.45) is 0 Å². The molecule has 4 rings (SSSR count). The molecule has 0 bridgehead atoms. The number of carbonyl (C=O) groups is 1. The summed E-state index contributed by atoms with van der Waals surface area (Å²) in [5.74, 6) is 1.03. The van der Waals surface area contributed by atoms with Crippen LogP contribution in [-0.2, 0) is 11.2 Å². The monoisotopic (exact) mass is 379 g/mol. The molecule has 28 heavy (non-hydrogen) atoms. The van der Waals surface area contributed by atoms with Crippen molar-refractivity contribution in [3.05, 3.63) is 59.2 Å². The van der Waals surface area contributed by atoms with E-state index >= 15 is 0 Å².